The minimum absolute atomic E-state index is 0.0643. The average molecular weight is 444 g/mol. The van der Waals surface area contributed by atoms with Crippen molar-refractivity contribution in [1.82, 2.24) is 10.3 Å². The summed E-state index contributed by atoms with van der Waals surface area (Å²) in [6.45, 7) is 1.92. The van der Waals surface area contributed by atoms with Crippen LogP contribution in [0.4, 0.5) is 11.5 Å². The van der Waals surface area contributed by atoms with E-state index in [0.29, 0.717) is 20.8 Å². The lowest BCUT2D eigenvalue weighted by Gasteiger charge is -2.19. The number of nitrogens with two attached hydrogens (primary N) is 2. The summed E-state index contributed by atoms with van der Waals surface area (Å²) in [6, 6.07) is 9.63. The molecule has 0 fully saturated rings. The second kappa shape index (κ2) is 8.98. The Morgan fingerprint density at radius 3 is 2.77 bits per heavy atom. The number of halogens is 1. The fourth-order valence-corrected chi connectivity index (χ4v) is 4.17. The predicted octanol–water partition coefficient (Wildman–Crippen LogP) is 3.41. The molecule has 3 aromatic rings. The van der Waals surface area contributed by atoms with Gasteiger partial charge in [0.05, 0.1) is 30.3 Å². The number of esters is 1. The third-order valence-corrected chi connectivity index (χ3v) is 5.80. The predicted molar refractivity (Wildman–Crippen MR) is 116 cm³/mol. The van der Waals surface area contributed by atoms with Gasteiger partial charge in [0.15, 0.2) is 0 Å². The SMILES string of the molecule is CCOC(=O)C[C@H](NC(=O)c1sc2nc(N)c(C#N)cc2c1N)c1ccccc1Cl. The number of pyridine rings is 1. The van der Waals surface area contributed by atoms with E-state index in [1.54, 1.807) is 31.2 Å². The standard InChI is InChI=1S/C20H18ClN5O3S/c1-2-29-15(27)8-14(11-5-3-4-6-13(11)21)25-19(28)17-16(23)12-7-10(9-22)18(24)26-20(12)30-17/h3-7,14H,2,8,23H2,1H3,(H2,24,26)(H,25,28)/t14-/m0/s1. The molecule has 0 unspecified atom stereocenters. The molecule has 1 atom stereocenters. The molecule has 0 saturated heterocycles. The summed E-state index contributed by atoms with van der Waals surface area (Å²) in [5.74, 6) is -0.906. The maximum atomic E-state index is 13.0. The van der Waals surface area contributed by atoms with Crippen molar-refractivity contribution in [2.45, 2.75) is 19.4 Å². The van der Waals surface area contributed by atoms with Crippen LogP contribution in [0.15, 0.2) is 30.3 Å². The molecule has 0 spiro atoms. The van der Waals surface area contributed by atoms with Gasteiger partial charge in [-0.1, -0.05) is 29.8 Å². The summed E-state index contributed by atoms with van der Waals surface area (Å²) < 4.78 is 5.02. The molecule has 30 heavy (non-hydrogen) atoms. The van der Waals surface area contributed by atoms with Gasteiger partial charge < -0.3 is 21.5 Å². The maximum Gasteiger partial charge on any atom is 0.308 e. The first-order chi connectivity index (χ1) is 14.3. The number of aromatic nitrogens is 1. The quantitative estimate of drug-likeness (QED) is 0.495. The number of nitrogens with one attached hydrogen (secondary N) is 1. The van der Waals surface area contributed by atoms with Crippen molar-refractivity contribution < 1.29 is 14.3 Å². The smallest absolute Gasteiger partial charge is 0.308 e. The minimum Gasteiger partial charge on any atom is -0.466 e. The van der Waals surface area contributed by atoms with Crippen LogP contribution >= 0.6 is 22.9 Å². The summed E-state index contributed by atoms with van der Waals surface area (Å²) in [7, 11) is 0. The Balaban J connectivity index is 1.96. The number of hydrogen-bond acceptors (Lipinski definition) is 8. The van der Waals surface area contributed by atoms with Crippen molar-refractivity contribution in [3.8, 4) is 6.07 Å². The molecule has 8 nitrogen and oxygen atoms in total. The van der Waals surface area contributed by atoms with Gasteiger partial charge in [0.1, 0.15) is 21.6 Å². The fourth-order valence-electron chi connectivity index (χ4n) is 2.92. The van der Waals surface area contributed by atoms with Gasteiger partial charge in [-0.25, -0.2) is 4.98 Å². The molecule has 2 heterocycles. The molecular formula is C20H18ClN5O3S. The van der Waals surface area contributed by atoms with E-state index in [4.69, 9.17) is 33.1 Å². The third kappa shape index (κ3) is 4.30. The number of nitriles is 1. The van der Waals surface area contributed by atoms with E-state index in [-0.39, 0.29) is 35.0 Å². The first-order valence-electron chi connectivity index (χ1n) is 8.95. The number of nitrogens with zero attached hydrogens (tertiary/aromatic N) is 2. The number of ether oxygens (including phenoxy) is 1. The number of hydrogen-bond donors (Lipinski definition) is 3. The zero-order valence-corrected chi connectivity index (χ0v) is 17.5. The van der Waals surface area contributed by atoms with E-state index in [9.17, 15) is 9.59 Å². The number of carbonyl (C=O) groups is 2. The molecule has 5 N–H and O–H groups in total. The number of carbonyl (C=O) groups excluding carboxylic acids is 2. The number of amides is 1. The van der Waals surface area contributed by atoms with E-state index in [1.807, 2.05) is 6.07 Å². The summed E-state index contributed by atoms with van der Waals surface area (Å²) >= 11 is 7.32. The van der Waals surface area contributed by atoms with Crippen LogP contribution in [-0.4, -0.2) is 23.5 Å². The van der Waals surface area contributed by atoms with Crippen molar-refractivity contribution >= 4 is 56.5 Å². The Bertz CT molecular complexity index is 1170. The van der Waals surface area contributed by atoms with Crippen LogP contribution in [0.3, 0.4) is 0 Å². The lowest BCUT2D eigenvalue weighted by molar-refractivity contribution is -0.143. The highest BCUT2D eigenvalue weighted by atomic mass is 35.5. The third-order valence-electron chi connectivity index (χ3n) is 4.34. The van der Waals surface area contributed by atoms with Crippen LogP contribution in [0, 0.1) is 11.3 Å². The summed E-state index contributed by atoms with van der Waals surface area (Å²) in [4.78, 5) is 29.9. The van der Waals surface area contributed by atoms with Crippen molar-refractivity contribution in [2.24, 2.45) is 0 Å². The summed E-state index contributed by atoms with van der Waals surface area (Å²) in [5.41, 5.74) is 12.8. The molecule has 1 amide bonds. The fraction of sp³-hybridized carbons (Fsp3) is 0.200. The van der Waals surface area contributed by atoms with Gasteiger partial charge in [0.2, 0.25) is 0 Å². The maximum absolute atomic E-state index is 13.0. The van der Waals surface area contributed by atoms with Gasteiger partial charge in [-0.3, -0.25) is 9.59 Å². The highest BCUT2D eigenvalue weighted by Crippen LogP contribution is 2.35. The van der Waals surface area contributed by atoms with Crippen LogP contribution in [-0.2, 0) is 9.53 Å². The van der Waals surface area contributed by atoms with Gasteiger partial charge in [-0.15, -0.1) is 11.3 Å². The number of anilines is 2. The molecule has 154 valence electrons. The first-order valence-corrected chi connectivity index (χ1v) is 10.1. The van der Waals surface area contributed by atoms with Gasteiger partial charge in [-0.2, -0.15) is 5.26 Å². The van der Waals surface area contributed by atoms with Crippen LogP contribution in [0.2, 0.25) is 5.02 Å². The zero-order chi connectivity index (χ0) is 21.8. The molecule has 0 aliphatic heterocycles. The van der Waals surface area contributed by atoms with Crippen LogP contribution in [0.25, 0.3) is 10.2 Å². The van der Waals surface area contributed by atoms with Crippen molar-refractivity contribution in [1.29, 1.82) is 5.26 Å². The molecule has 3 rings (SSSR count). The van der Waals surface area contributed by atoms with E-state index < -0.39 is 17.9 Å². The Morgan fingerprint density at radius 2 is 2.10 bits per heavy atom. The number of rotatable bonds is 6. The van der Waals surface area contributed by atoms with Gasteiger partial charge in [0, 0.05) is 10.4 Å². The van der Waals surface area contributed by atoms with Crippen molar-refractivity contribution in [3.63, 3.8) is 0 Å². The molecular weight excluding hydrogens is 426 g/mol. The largest absolute Gasteiger partial charge is 0.466 e. The van der Waals surface area contributed by atoms with Crippen LogP contribution in [0.5, 0.6) is 0 Å². The van der Waals surface area contributed by atoms with Gasteiger partial charge >= 0.3 is 5.97 Å². The lowest BCUT2D eigenvalue weighted by atomic mass is 10.0. The average Bonchev–Trinajstić information content (AvgIpc) is 3.03. The molecule has 2 aromatic heterocycles. The van der Waals surface area contributed by atoms with Crippen molar-refractivity contribution in [3.05, 3.63) is 51.4 Å². The Kier molecular flexibility index (Phi) is 6.40. The molecule has 0 aliphatic rings. The summed E-state index contributed by atoms with van der Waals surface area (Å²) in [5, 5.41) is 12.8. The molecule has 1 aromatic carbocycles. The first kappa shape index (κ1) is 21.4. The molecule has 0 bridgehead atoms. The molecule has 10 heteroatoms. The molecule has 0 saturated carbocycles. The van der Waals surface area contributed by atoms with Crippen LogP contribution in [0.1, 0.15) is 40.2 Å². The monoisotopic (exact) mass is 443 g/mol. The normalized spacial score (nSPS) is 11.6. The van der Waals surface area contributed by atoms with E-state index in [2.05, 4.69) is 10.3 Å². The summed E-state index contributed by atoms with van der Waals surface area (Å²) in [6.07, 6.45) is -0.0993. The van der Waals surface area contributed by atoms with Crippen LogP contribution < -0.4 is 16.8 Å². The Labute approximate surface area is 181 Å². The minimum atomic E-state index is -0.720. The number of thiophene rings is 1. The van der Waals surface area contributed by atoms with Crippen molar-refractivity contribution in [2.75, 3.05) is 18.1 Å². The number of nitrogen functional groups attached to an aromatic ring is 2. The second-order valence-corrected chi connectivity index (χ2v) is 7.69. The topological polar surface area (TPSA) is 144 Å². The number of benzene rings is 1. The molecule has 0 aliphatic carbocycles. The number of fused-ring (bicyclic) bond motifs is 1. The van der Waals surface area contributed by atoms with Gasteiger partial charge in [-0.05, 0) is 24.6 Å². The van der Waals surface area contributed by atoms with Gasteiger partial charge in [0.25, 0.3) is 5.91 Å². The Hall–Kier alpha value is -3.35. The lowest BCUT2D eigenvalue weighted by Crippen LogP contribution is -2.30. The van der Waals surface area contributed by atoms with E-state index in [0.717, 1.165) is 11.3 Å². The van der Waals surface area contributed by atoms with E-state index >= 15 is 0 Å². The van der Waals surface area contributed by atoms with E-state index in [1.165, 1.54) is 6.07 Å². The second-order valence-electron chi connectivity index (χ2n) is 6.29. The highest BCUT2D eigenvalue weighted by Gasteiger charge is 2.25. The Morgan fingerprint density at radius 1 is 1.37 bits per heavy atom. The molecule has 0 radical (unpaired) electrons. The highest BCUT2D eigenvalue weighted by molar-refractivity contribution is 7.21. The zero-order valence-electron chi connectivity index (χ0n) is 15.9.